The molecule has 0 spiro atoms. The van der Waals surface area contributed by atoms with E-state index < -0.39 is 11.7 Å². The molecule has 2 aromatic carbocycles. The molecule has 0 heterocycles. The van der Waals surface area contributed by atoms with E-state index in [0.717, 1.165) is 12.1 Å². The van der Waals surface area contributed by atoms with Crippen LogP contribution >= 0.6 is 0 Å². The molecule has 0 aliphatic carbocycles. The van der Waals surface area contributed by atoms with Crippen LogP contribution in [0.2, 0.25) is 0 Å². The summed E-state index contributed by atoms with van der Waals surface area (Å²) < 4.78 is 48.4. The van der Waals surface area contributed by atoms with Gasteiger partial charge in [-0.3, -0.25) is 4.79 Å². The Bertz CT molecular complexity index is 701. The average Bonchev–Trinajstić information content (AvgIpc) is 2.55. The molecule has 1 amide bonds. The van der Waals surface area contributed by atoms with Crippen LogP contribution in [0, 0.1) is 0 Å². The van der Waals surface area contributed by atoms with E-state index in [-0.39, 0.29) is 17.4 Å². The predicted octanol–water partition coefficient (Wildman–Crippen LogP) is 3.87. The van der Waals surface area contributed by atoms with E-state index in [1.807, 2.05) is 0 Å². The molecular formula is C17H16F3NO3. The second kappa shape index (κ2) is 7.83. The van der Waals surface area contributed by atoms with Gasteiger partial charge in [-0.2, -0.15) is 13.2 Å². The summed E-state index contributed by atoms with van der Waals surface area (Å²) in [6, 6.07) is 10.8. The molecule has 0 fully saturated rings. The van der Waals surface area contributed by atoms with Gasteiger partial charge >= 0.3 is 6.18 Å². The van der Waals surface area contributed by atoms with Crippen molar-refractivity contribution in [3.05, 3.63) is 59.7 Å². The van der Waals surface area contributed by atoms with E-state index in [9.17, 15) is 18.0 Å². The summed E-state index contributed by atoms with van der Waals surface area (Å²) in [4.78, 5) is 11.9. The van der Waals surface area contributed by atoms with Gasteiger partial charge in [-0.1, -0.05) is 12.1 Å². The van der Waals surface area contributed by atoms with Crippen LogP contribution in [-0.4, -0.2) is 26.2 Å². The fourth-order valence-electron chi connectivity index (χ4n) is 1.94. The van der Waals surface area contributed by atoms with Gasteiger partial charge in [-0.15, -0.1) is 0 Å². The zero-order valence-electron chi connectivity index (χ0n) is 12.9. The van der Waals surface area contributed by atoms with E-state index >= 15 is 0 Å². The maximum absolute atomic E-state index is 12.7. The van der Waals surface area contributed by atoms with Gasteiger partial charge in [0, 0.05) is 19.2 Å². The Balaban J connectivity index is 2.11. The van der Waals surface area contributed by atoms with Crippen LogP contribution in [-0.2, 0) is 10.9 Å². The number of carbonyl (C=O) groups is 1. The monoisotopic (exact) mass is 339 g/mol. The Morgan fingerprint density at radius 2 is 1.75 bits per heavy atom. The maximum atomic E-state index is 12.7. The van der Waals surface area contributed by atoms with Gasteiger partial charge in [0.1, 0.15) is 11.5 Å². The van der Waals surface area contributed by atoms with Crippen LogP contribution in [0.4, 0.5) is 13.2 Å². The molecule has 128 valence electrons. The Hall–Kier alpha value is -2.54. The third-order valence-electron chi connectivity index (χ3n) is 3.09. The highest BCUT2D eigenvalue weighted by Gasteiger charge is 2.30. The van der Waals surface area contributed by atoms with E-state index in [0.29, 0.717) is 18.7 Å². The molecule has 0 unspecified atom stereocenters. The number of rotatable bonds is 6. The predicted molar refractivity (Wildman–Crippen MR) is 82.2 cm³/mol. The standard InChI is InChI=1S/C17H16F3NO3/c1-23-9-8-21-16(22)12-4-2-6-14(10-12)24-15-7-3-5-13(11-15)17(18,19)20/h2-7,10-11H,8-9H2,1H3,(H,21,22). The van der Waals surface area contributed by atoms with Gasteiger partial charge in [0.05, 0.1) is 12.2 Å². The molecule has 2 aromatic rings. The minimum absolute atomic E-state index is 0.0433. The smallest absolute Gasteiger partial charge is 0.416 e. The van der Waals surface area contributed by atoms with Crippen LogP contribution in [0.3, 0.4) is 0 Å². The second-order valence-corrected chi connectivity index (χ2v) is 4.90. The van der Waals surface area contributed by atoms with Gasteiger partial charge in [-0.25, -0.2) is 0 Å². The molecule has 24 heavy (non-hydrogen) atoms. The summed E-state index contributed by atoms with van der Waals surface area (Å²) in [5.41, 5.74) is -0.455. The lowest BCUT2D eigenvalue weighted by molar-refractivity contribution is -0.137. The highest BCUT2D eigenvalue weighted by atomic mass is 19.4. The summed E-state index contributed by atoms with van der Waals surface area (Å²) in [5, 5.41) is 2.65. The maximum Gasteiger partial charge on any atom is 0.416 e. The van der Waals surface area contributed by atoms with Crippen LogP contribution in [0.25, 0.3) is 0 Å². The van der Waals surface area contributed by atoms with E-state index in [4.69, 9.17) is 9.47 Å². The summed E-state index contributed by atoms with van der Waals surface area (Å²) in [6.07, 6.45) is -4.44. The number of ether oxygens (including phenoxy) is 2. The minimum atomic E-state index is -4.44. The lowest BCUT2D eigenvalue weighted by Crippen LogP contribution is -2.26. The molecule has 0 aliphatic heterocycles. The van der Waals surface area contributed by atoms with Crippen LogP contribution in [0.15, 0.2) is 48.5 Å². The SMILES string of the molecule is COCCNC(=O)c1cccc(Oc2cccc(C(F)(F)F)c2)c1. The molecule has 2 rings (SSSR count). The zero-order chi connectivity index (χ0) is 17.6. The molecule has 0 radical (unpaired) electrons. The number of carbonyl (C=O) groups excluding carboxylic acids is 1. The molecule has 0 aliphatic rings. The molecule has 0 saturated carbocycles. The van der Waals surface area contributed by atoms with Crippen molar-refractivity contribution in [1.29, 1.82) is 0 Å². The molecule has 4 nitrogen and oxygen atoms in total. The third-order valence-corrected chi connectivity index (χ3v) is 3.09. The first-order chi connectivity index (χ1) is 11.4. The number of nitrogens with one attached hydrogen (secondary N) is 1. The largest absolute Gasteiger partial charge is 0.457 e. The molecule has 0 aromatic heterocycles. The number of benzene rings is 2. The number of halogens is 3. The lowest BCUT2D eigenvalue weighted by Gasteiger charge is -2.11. The summed E-state index contributed by atoms with van der Waals surface area (Å²) in [7, 11) is 1.52. The van der Waals surface area contributed by atoms with Crippen molar-refractivity contribution in [3.63, 3.8) is 0 Å². The Morgan fingerprint density at radius 1 is 1.08 bits per heavy atom. The van der Waals surface area contributed by atoms with Crippen molar-refractivity contribution in [2.45, 2.75) is 6.18 Å². The van der Waals surface area contributed by atoms with Crippen LogP contribution in [0.1, 0.15) is 15.9 Å². The van der Waals surface area contributed by atoms with Crippen molar-refractivity contribution in [3.8, 4) is 11.5 Å². The topological polar surface area (TPSA) is 47.6 Å². The number of alkyl halides is 3. The fourth-order valence-corrected chi connectivity index (χ4v) is 1.94. The van der Waals surface area contributed by atoms with Crippen LogP contribution < -0.4 is 10.1 Å². The molecule has 7 heteroatoms. The van der Waals surface area contributed by atoms with Crippen LogP contribution in [0.5, 0.6) is 11.5 Å². The van der Waals surface area contributed by atoms with Crippen molar-refractivity contribution in [2.24, 2.45) is 0 Å². The van der Waals surface area contributed by atoms with Crippen molar-refractivity contribution in [2.75, 3.05) is 20.3 Å². The molecule has 0 saturated heterocycles. The second-order valence-electron chi connectivity index (χ2n) is 4.90. The fraction of sp³-hybridized carbons (Fsp3) is 0.235. The highest BCUT2D eigenvalue weighted by Crippen LogP contribution is 2.32. The number of hydrogen-bond acceptors (Lipinski definition) is 3. The Labute approximate surface area is 137 Å². The van der Waals surface area contributed by atoms with Crippen molar-refractivity contribution >= 4 is 5.91 Å². The van der Waals surface area contributed by atoms with Crippen molar-refractivity contribution < 1.29 is 27.4 Å². The first kappa shape index (κ1) is 17.8. The lowest BCUT2D eigenvalue weighted by atomic mass is 10.2. The first-order valence-electron chi connectivity index (χ1n) is 7.12. The Kier molecular flexibility index (Phi) is 5.81. The summed E-state index contributed by atoms with van der Waals surface area (Å²) in [6.45, 7) is 0.736. The van der Waals surface area contributed by atoms with E-state index in [1.165, 1.54) is 25.3 Å². The number of amides is 1. The van der Waals surface area contributed by atoms with E-state index in [2.05, 4.69) is 5.32 Å². The number of methoxy groups -OCH3 is 1. The minimum Gasteiger partial charge on any atom is -0.457 e. The third kappa shape index (κ3) is 4.99. The number of hydrogen-bond donors (Lipinski definition) is 1. The molecule has 0 bridgehead atoms. The summed E-state index contributed by atoms with van der Waals surface area (Å²) in [5.74, 6) is -0.00276. The molecule has 0 atom stereocenters. The van der Waals surface area contributed by atoms with Gasteiger partial charge in [0.2, 0.25) is 0 Å². The summed E-state index contributed by atoms with van der Waals surface area (Å²) >= 11 is 0. The van der Waals surface area contributed by atoms with Crippen molar-refractivity contribution in [1.82, 2.24) is 5.32 Å². The molecule has 1 N–H and O–H groups in total. The quantitative estimate of drug-likeness (QED) is 0.813. The average molecular weight is 339 g/mol. The zero-order valence-corrected chi connectivity index (χ0v) is 12.9. The van der Waals surface area contributed by atoms with E-state index in [1.54, 1.807) is 18.2 Å². The van der Waals surface area contributed by atoms with Gasteiger partial charge < -0.3 is 14.8 Å². The van der Waals surface area contributed by atoms with Gasteiger partial charge in [-0.05, 0) is 36.4 Å². The highest BCUT2D eigenvalue weighted by molar-refractivity contribution is 5.94. The van der Waals surface area contributed by atoms with Gasteiger partial charge in [0.15, 0.2) is 0 Å². The molecular weight excluding hydrogens is 323 g/mol. The normalized spacial score (nSPS) is 11.2. The Morgan fingerprint density at radius 3 is 2.42 bits per heavy atom. The van der Waals surface area contributed by atoms with Gasteiger partial charge in [0.25, 0.3) is 5.91 Å². The first-order valence-corrected chi connectivity index (χ1v) is 7.12.